The Bertz CT molecular complexity index is 591. The zero-order chi connectivity index (χ0) is 21.5. The van der Waals surface area contributed by atoms with Crippen LogP contribution in [0.25, 0.3) is 0 Å². The molecule has 4 nitrogen and oxygen atoms in total. The standard InChI is InChI=1S/C24H43NO3Si/c1-19(2)25-16-23(28-29(6,7)24(3,4)5)18-27-22-12-10-20(11-13-22)14-15-26-17-21-8-9-21/h10-13,19,21,23,25H,8-9,14-18H2,1-7H3. The summed E-state index contributed by atoms with van der Waals surface area (Å²) >= 11 is 0. The molecule has 0 spiro atoms. The maximum Gasteiger partial charge on any atom is 0.192 e. The predicted molar refractivity (Wildman–Crippen MR) is 124 cm³/mol. The Kier molecular flexibility index (Phi) is 9.20. The van der Waals surface area contributed by atoms with E-state index in [1.54, 1.807) is 0 Å². The number of ether oxygens (including phenoxy) is 2. The lowest BCUT2D eigenvalue weighted by molar-refractivity contribution is 0.112. The molecule has 1 saturated carbocycles. The van der Waals surface area contributed by atoms with Gasteiger partial charge in [-0.05, 0) is 61.0 Å². The van der Waals surface area contributed by atoms with Gasteiger partial charge in [0.25, 0.3) is 0 Å². The molecule has 1 aromatic rings. The van der Waals surface area contributed by atoms with Gasteiger partial charge in [-0.2, -0.15) is 0 Å². The minimum absolute atomic E-state index is 0.0498. The van der Waals surface area contributed by atoms with E-state index in [1.165, 1.54) is 18.4 Å². The molecule has 0 heterocycles. The highest BCUT2D eigenvalue weighted by atomic mass is 28.4. The number of nitrogens with one attached hydrogen (secondary N) is 1. The van der Waals surface area contributed by atoms with Crippen LogP contribution in [-0.4, -0.2) is 46.8 Å². The van der Waals surface area contributed by atoms with E-state index >= 15 is 0 Å². The normalized spacial score (nSPS) is 16.3. The van der Waals surface area contributed by atoms with Gasteiger partial charge in [0.15, 0.2) is 8.32 Å². The largest absolute Gasteiger partial charge is 0.491 e. The quantitative estimate of drug-likeness (QED) is 0.341. The van der Waals surface area contributed by atoms with Crippen LogP contribution in [0, 0.1) is 5.92 Å². The summed E-state index contributed by atoms with van der Waals surface area (Å²) in [6.45, 7) is 18.9. The summed E-state index contributed by atoms with van der Waals surface area (Å²) in [5.74, 6) is 1.73. The highest BCUT2D eigenvalue weighted by molar-refractivity contribution is 6.74. The molecule has 29 heavy (non-hydrogen) atoms. The summed E-state index contributed by atoms with van der Waals surface area (Å²) in [6, 6.07) is 8.85. The van der Waals surface area contributed by atoms with Gasteiger partial charge in [0, 0.05) is 19.2 Å². The molecule has 1 N–H and O–H groups in total. The van der Waals surface area contributed by atoms with Crippen LogP contribution >= 0.6 is 0 Å². The number of rotatable bonds is 13. The van der Waals surface area contributed by atoms with E-state index in [2.05, 4.69) is 77.3 Å². The van der Waals surface area contributed by atoms with Crippen molar-refractivity contribution in [3.63, 3.8) is 0 Å². The molecule has 0 bridgehead atoms. The molecule has 1 unspecified atom stereocenters. The second-order valence-electron chi connectivity index (χ2n) is 10.3. The van der Waals surface area contributed by atoms with E-state index < -0.39 is 8.32 Å². The van der Waals surface area contributed by atoms with Crippen molar-refractivity contribution in [2.75, 3.05) is 26.4 Å². The molecule has 1 aromatic carbocycles. The Morgan fingerprint density at radius 2 is 1.76 bits per heavy atom. The molecule has 0 aliphatic heterocycles. The van der Waals surface area contributed by atoms with E-state index in [0.29, 0.717) is 12.6 Å². The first kappa shape index (κ1) is 24.4. The molecule has 5 heteroatoms. The summed E-state index contributed by atoms with van der Waals surface area (Å²) in [6.07, 6.45) is 3.70. The first-order valence-corrected chi connectivity index (χ1v) is 14.2. The average molecular weight is 422 g/mol. The monoisotopic (exact) mass is 421 g/mol. The van der Waals surface area contributed by atoms with Crippen LogP contribution in [0.2, 0.25) is 18.1 Å². The summed E-state index contributed by atoms with van der Waals surface area (Å²) in [5.41, 5.74) is 1.30. The molecule has 1 aliphatic carbocycles. The first-order chi connectivity index (χ1) is 13.6. The van der Waals surface area contributed by atoms with Gasteiger partial charge in [-0.15, -0.1) is 0 Å². The fourth-order valence-electron chi connectivity index (χ4n) is 2.76. The summed E-state index contributed by atoms with van der Waals surface area (Å²) < 4.78 is 18.5. The van der Waals surface area contributed by atoms with Gasteiger partial charge < -0.3 is 19.2 Å². The van der Waals surface area contributed by atoms with Gasteiger partial charge >= 0.3 is 0 Å². The summed E-state index contributed by atoms with van der Waals surface area (Å²) in [5, 5.41) is 3.70. The Morgan fingerprint density at radius 1 is 1.10 bits per heavy atom. The molecular formula is C24H43NO3Si. The van der Waals surface area contributed by atoms with E-state index in [-0.39, 0.29) is 11.1 Å². The molecule has 0 aromatic heterocycles. The predicted octanol–water partition coefficient (Wildman–Crippen LogP) is 5.42. The van der Waals surface area contributed by atoms with E-state index in [4.69, 9.17) is 13.9 Å². The Balaban J connectivity index is 1.82. The maximum absolute atomic E-state index is 6.62. The SMILES string of the molecule is CC(C)NCC(COc1ccc(CCOCC2CC2)cc1)O[Si](C)(C)C(C)(C)C. The van der Waals surface area contributed by atoms with Crippen molar-refractivity contribution in [3.05, 3.63) is 29.8 Å². The molecule has 0 saturated heterocycles. The van der Waals surface area contributed by atoms with Crippen molar-refractivity contribution in [1.29, 1.82) is 0 Å². The van der Waals surface area contributed by atoms with Crippen molar-refractivity contribution in [3.8, 4) is 5.75 Å². The molecular weight excluding hydrogens is 378 g/mol. The third-order valence-corrected chi connectivity index (χ3v) is 10.5. The van der Waals surface area contributed by atoms with Gasteiger partial charge in [-0.3, -0.25) is 0 Å². The highest BCUT2D eigenvalue weighted by Crippen LogP contribution is 2.37. The topological polar surface area (TPSA) is 39.7 Å². The smallest absolute Gasteiger partial charge is 0.192 e. The fourth-order valence-corrected chi connectivity index (χ4v) is 4.10. The third-order valence-electron chi connectivity index (χ3n) is 5.97. The van der Waals surface area contributed by atoms with Gasteiger partial charge in [-0.1, -0.05) is 46.8 Å². The van der Waals surface area contributed by atoms with Gasteiger partial charge in [-0.25, -0.2) is 0 Å². The van der Waals surface area contributed by atoms with Crippen LogP contribution in [0.4, 0.5) is 0 Å². The molecule has 1 fully saturated rings. The maximum atomic E-state index is 6.62. The van der Waals surface area contributed by atoms with Crippen molar-refractivity contribution in [2.45, 2.75) is 84.2 Å². The van der Waals surface area contributed by atoms with Crippen molar-refractivity contribution in [2.24, 2.45) is 5.92 Å². The third kappa shape index (κ3) is 9.20. The number of benzene rings is 1. The lowest BCUT2D eigenvalue weighted by Gasteiger charge is -2.39. The second-order valence-corrected chi connectivity index (χ2v) is 15.0. The van der Waals surface area contributed by atoms with Crippen LogP contribution in [0.3, 0.4) is 0 Å². The number of hydrogen-bond donors (Lipinski definition) is 1. The lowest BCUT2D eigenvalue weighted by Crippen LogP contribution is -2.48. The first-order valence-electron chi connectivity index (χ1n) is 11.3. The molecule has 2 rings (SSSR count). The average Bonchev–Trinajstić information content (AvgIpc) is 3.45. The highest BCUT2D eigenvalue weighted by Gasteiger charge is 2.39. The molecule has 1 atom stereocenters. The zero-order valence-corrected chi connectivity index (χ0v) is 20.7. The van der Waals surface area contributed by atoms with E-state index in [1.807, 2.05) is 0 Å². The Hall–Kier alpha value is -0.883. The van der Waals surface area contributed by atoms with Crippen LogP contribution in [-0.2, 0) is 15.6 Å². The second kappa shape index (κ2) is 10.9. The molecule has 166 valence electrons. The summed E-state index contributed by atoms with van der Waals surface area (Å²) in [7, 11) is -1.84. The molecule has 0 radical (unpaired) electrons. The van der Waals surface area contributed by atoms with Crippen molar-refractivity contribution >= 4 is 8.32 Å². The fraction of sp³-hybridized carbons (Fsp3) is 0.750. The summed E-state index contributed by atoms with van der Waals surface area (Å²) in [4.78, 5) is 0. The van der Waals surface area contributed by atoms with Crippen LogP contribution in [0.15, 0.2) is 24.3 Å². The van der Waals surface area contributed by atoms with Crippen LogP contribution in [0.1, 0.15) is 53.0 Å². The van der Waals surface area contributed by atoms with Crippen molar-refractivity contribution in [1.82, 2.24) is 5.32 Å². The lowest BCUT2D eigenvalue weighted by atomic mass is 10.1. The van der Waals surface area contributed by atoms with Crippen LogP contribution < -0.4 is 10.1 Å². The van der Waals surface area contributed by atoms with E-state index in [9.17, 15) is 0 Å². The minimum Gasteiger partial charge on any atom is -0.491 e. The van der Waals surface area contributed by atoms with Crippen molar-refractivity contribution < 1.29 is 13.9 Å². The minimum atomic E-state index is -1.84. The van der Waals surface area contributed by atoms with Crippen LogP contribution in [0.5, 0.6) is 5.75 Å². The molecule has 1 aliphatic rings. The van der Waals surface area contributed by atoms with E-state index in [0.717, 1.165) is 37.8 Å². The zero-order valence-electron chi connectivity index (χ0n) is 19.7. The van der Waals surface area contributed by atoms with Gasteiger partial charge in [0.05, 0.1) is 12.7 Å². The van der Waals surface area contributed by atoms with Gasteiger partial charge in [0.1, 0.15) is 12.4 Å². The number of hydrogen-bond acceptors (Lipinski definition) is 4. The van der Waals surface area contributed by atoms with Gasteiger partial charge in [0.2, 0.25) is 0 Å². The molecule has 0 amide bonds. The Morgan fingerprint density at radius 3 is 2.31 bits per heavy atom. The Labute approximate surface area is 179 Å².